The number of aryl methyl sites for hydroxylation is 1. The van der Waals surface area contributed by atoms with Crippen molar-refractivity contribution in [2.24, 2.45) is 5.92 Å². The topological polar surface area (TPSA) is 59.7 Å². The van der Waals surface area contributed by atoms with Crippen LogP contribution in [0.25, 0.3) is 22.6 Å². The highest BCUT2D eigenvalue weighted by atomic mass is 16.4. The van der Waals surface area contributed by atoms with E-state index in [1.165, 1.54) is 0 Å². The maximum atomic E-state index is 11.6. The van der Waals surface area contributed by atoms with Gasteiger partial charge >= 0.3 is 5.91 Å². The minimum Gasteiger partial charge on any atom is -0.440 e. The highest BCUT2D eigenvalue weighted by molar-refractivity contribution is 5.76. The van der Waals surface area contributed by atoms with Crippen molar-refractivity contribution >= 4 is 5.91 Å². The van der Waals surface area contributed by atoms with Gasteiger partial charge in [0.1, 0.15) is 5.69 Å². The van der Waals surface area contributed by atoms with Crippen molar-refractivity contribution in [3.8, 4) is 22.6 Å². The van der Waals surface area contributed by atoms with Gasteiger partial charge in [-0.1, -0.05) is 72.8 Å². The lowest BCUT2D eigenvalue weighted by Crippen LogP contribution is -2.85. The summed E-state index contributed by atoms with van der Waals surface area (Å²) in [7, 11) is 1.77. The van der Waals surface area contributed by atoms with E-state index in [0.29, 0.717) is 12.3 Å². The molecule has 1 aromatic heterocycles. The van der Waals surface area contributed by atoms with Gasteiger partial charge in [-0.3, -0.25) is 5.32 Å². The third kappa shape index (κ3) is 4.80. The first-order valence-corrected chi connectivity index (χ1v) is 9.29. The molecule has 138 valence electrons. The van der Waals surface area contributed by atoms with Gasteiger partial charge in [0, 0.05) is 17.5 Å². The molecule has 0 aliphatic carbocycles. The van der Waals surface area contributed by atoms with Crippen molar-refractivity contribution < 1.29 is 14.5 Å². The molecule has 4 heteroatoms. The maximum absolute atomic E-state index is 11.6. The van der Waals surface area contributed by atoms with E-state index in [-0.39, 0.29) is 11.8 Å². The molecule has 1 heterocycles. The molecule has 0 aliphatic heterocycles. The molecule has 4 nitrogen and oxygen atoms in total. The summed E-state index contributed by atoms with van der Waals surface area (Å²) in [5.41, 5.74) is 2.92. The zero-order valence-corrected chi connectivity index (χ0v) is 15.8. The predicted octanol–water partition coefficient (Wildman–Crippen LogP) is 3.85. The molecule has 0 spiro atoms. The lowest BCUT2D eigenvalue weighted by Gasteiger charge is -2.00. The molecule has 3 aromatic rings. The molecule has 0 bridgehead atoms. The van der Waals surface area contributed by atoms with Gasteiger partial charge in [0.2, 0.25) is 0 Å². The molecule has 3 rings (SSSR count). The molecule has 0 fully saturated rings. The van der Waals surface area contributed by atoms with E-state index >= 15 is 0 Å². The molecule has 0 radical (unpaired) electrons. The number of amides is 1. The second kappa shape index (κ2) is 9.10. The van der Waals surface area contributed by atoms with Gasteiger partial charge in [-0.15, -0.1) is 0 Å². The Hall–Kier alpha value is -2.98. The monoisotopic (exact) mass is 361 g/mol. The number of quaternary nitrogens is 1. The Morgan fingerprint density at radius 2 is 1.70 bits per heavy atom. The van der Waals surface area contributed by atoms with Crippen molar-refractivity contribution in [2.45, 2.75) is 19.8 Å². The van der Waals surface area contributed by atoms with Gasteiger partial charge in [0.05, 0.1) is 13.0 Å². The van der Waals surface area contributed by atoms with E-state index in [1.54, 1.807) is 12.4 Å². The summed E-state index contributed by atoms with van der Waals surface area (Å²) >= 11 is 0. The van der Waals surface area contributed by atoms with Crippen molar-refractivity contribution in [3.05, 3.63) is 78.7 Å². The summed E-state index contributed by atoms with van der Waals surface area (Å²) in [5, 5.41) is 1.61. The summed E-state index contributed by atoms with van der Waals surface area (Å²) in [5.74, 6) is 1.56. The van der Waals surface area contributed by atoms with Crippen LogP contribution in [0.15, 0.2) is 77.2 Å². The van der Waals surface area contributed by atoms with Gasteiger partial charge in [0.25, 0.3) is 0 Å². The van der Waals surface area contributed by atoms with E-state index in [9.17, 15) is 4.79 Å². The van der Waals surface area contributed by atoms with Crippen LogP contribution in [0.4, 0.5) is 0 Å². The zero-order valence-electron chi connectivity index (χ0n) is 15.8. The number of hydrogen-bond donors (Lipinski definition) is 1. The number of benzene rings is 2. The Bertz CT molecular complexity index is 842. The Kier molecular flexibility index (Phi) is 6.34. The number of rotatable bonds is 7. The number of allylic oxidation sites excluding steroid dienone is 1. The highest BCUT2D eigenvalue weighted by Crippen LogP contribution is 2.32. The smallest absolute Gasteiger partial charge is 0.316 e. The van der Waals surface area contributed by atoms with E-state index in [4.69, 9.17) is 9.40 Å². The predicted molar refractivity (Wildman–Crippen MR) is 107 cm³/mol. The lowest BCUT2D eigenvalue weighted by molar-refractivity contribution is -0.541. The van der Waals surface area contributed by atoms with Crippen LogP contribution in [0.5, 0.6) is 0 Å². The van der Waals surface area contributed by atoms with Crippen LogP contribution in [-0.2, 0) is 11.2 Å². The standard InChI is InChI=1S/C23H24N2O2/c1-17(23(26)24-2)11-9-10-16-20-25-21(18-12-5-3-6-13-18)22(27-20)19-14-7-4-8-15-19/h3-9,11-15,17H,10,16H2,1-2H3,(H,24,26)/p+1/b11-9+. The van der Waals surface area contributed by atoms with Crippen LogP contribution in [-0.4, -0.2) is 17.9 Å². The van der Waals surface area contributed by atoms with E-state index in [1.807, 2.05) is 79.7 Å². The first kappa shape index (κ1) is 18.8. The highest BCUT2D eigenvalue weighted by Gasteiger charge is 2.16. The molecule has 0 aliphatic rings. The first-order valence-electron chi connectivity index (χ1n) is 9.29. The molecular weight excluding hydrogens is 336 g/mol. The molecule has 0 saturated heterocycles. The molecule has 0 saturated carbocycles. The number of primary amides is 1. The number of nitrogens with zero attached hydrogens (tertiary/aromatic N) is 1. The fourth-order valence-corrected chi connectivity index (χ4v) is 2.91. The van der Waals surface area contributed by atoms with E-state index in [0.717, 1.165) is 29.0 Å². The van der Waals surface area contributed by atoms with Crippen molar-refractivity contribution in [2.75, 3.05) is 7.05 Å². The Morgan fingerprint density at radius 3 is 2.33 bits per heavy atom. The summed E-state index contributed by atoms with van der Waals surface area (Å²) in [4.78, 5) is 16.4. The van der Waals surface area contributed by atoms with Crippen molar-refractivity contribution in [3.63, 3.8) is 0 Å². The fraction of sp³-hybridized carbons (Fsp3) is 0.217. The van der Waals surface area contributed by atoms with Gasteiger partial charge in [-0.05, 0) is 13.3 Å². The summed E-state index contributed by atoms with van der Waals surface area (Å²) in [6.45, 7) is 1.91. The van der Waals surface area contributed by atoms with Crippen LogP contribution < -0.4 is 5.32 Å². The average molecular weight is 361 g/mol. The van der Waals surface area contributed by atoms with Crippen molar-refractivity contribution in [1.82, 2.24) is 4.98 Å². The summed E-state index contributed by atoms with van der Waals surface area (Å²) in [6.07, 6.45) is 5.45. The normalized spacial score (nSPS) is 12.4. The Balaban J connectivity index is 1.80. The van der Waals surface area contributed by atoms with Crippen molar-refractivity contribution in [1.29, 1.82) is 0 Å². The number of carbonyl (C=O) groups is 1. The molecular formula is C23H25N2O2+. The molecule has 1 atom stereocenters. The third-order valence-electron chi connectivity index (χ3n) is 4.44. The average Bonchev–Trinajstić information content (AvgIpc) is 3.16. The quantitative estimate of drug-likeness (QED) is 0.650. The molecule has 27 heavy (non-hydrogen) atoms. The SMILES string of the molecule is C[NH2+]C(=O)C(C)/C=C/CCc1nc(-c2ccccc2)c(-c2ccccc2)o1. The van der Waals surface area contributed by atoms with Gasteiger partial charge in [0.15, 0.2) is 11.7 Å². The lowest BCUT2D eigenvalue weighted by atomic mass is 10.1. The fourth-order valence-electron chi connectivity index (χ4n) is 2.91. The number of carbonyl (C=O) groups excluding carboxylic acids is 1. The summed E-state index contributed by atoms with van der Waals surface area (Å²) < 4.78 is 6.11. The van der Waals surface area contributed by atoms with E-state index < -0.39 is 0 Å². The van der Waals surface area contributed by atoms with Crippen LogP contribution >= 0.6 is 0 Å². The van der Waals surface area contributed by atoms with Gasteiger partial charge in [-0.2, -0.15) is 0 Å². The van der Waals surface area contributed by atoms with Gasteiger partial charge in [-0.25, -0.2) is 9.78 Å². The largest absolute Gasteiger partial charge is 0.440 e. The second-order valence-corrected chi connectivity index (χ2v) is 6.46. The number of aromatic nitrogens is 1. The number of oxazole rings is 1. The molecule has 1 amide bonds. The minimum atomic E-state index is -0.0840. The van der Waals surface area contributed by atoms with Crippen LogP contribution in [0, 0.1) is 5.92 Å². The summed E-state index contributed by atoms with van der Waals surface area (Å²) in [6, 6.07) is 20.1. The molecule has 2 N–H and O–H groups in total. The third-order valence-corrected chi connectivity index (χ3v) is 4.44. The number of nitrogens with two attached hydrogens (primary N) is 1. The minimum absolute atomic E-state index is 0.0840. The second-order valence-electron chi connectivity index (χ2n) is 6.46. The van der Waals surface area contributed by atoms with Crippen LogP contribution in [0.2, 0.25) is 0 Å². The molecule has 1 unspecified atom stereocenters. The Labute approximate surface area is 160 Å². The van der Waals surface area contributed by atoms with Crippen LogP contribution in [0.1, 0.15) is 19.2 Å². The van der Waals surface area contributed by atoms with Crippen LogP contribution in [0.3, 0.4) is 0 Å². The van der Waals surface area contributed by atoms with E-state index in [2.05, 4.69) is 0 Å². The first-order chi connectivity index (χ1) is 13.2. The van der Waals surface area contributed by atoms with Gasteiger partial charge < -0.3 is 4.42 Å². The maximum Gasteiger partial charge on any atom is 0.316 e. The zero-order chi connectivity index (χ0) is 19.1. The molecule has 2 aromatic carbocycles. The number of hydrogen-bond acceptors (Lipinski definition) is 3. The Morgan fingerprint density at radius 1 is 1.07 bits per heavy atom.